The molecular formula is C11H15N3OS. The van der Waals surface area contributed by atoms with Crippen molar-refractivity contribution in [3.63, 3.8) is 0 Å². The van der Waals surface area contributed by atoms with E-state index in [-0.39, 0.29) is 5.91 Å². The second-order valence-corrected chi connectivity index (χ2v) is 4.99. The van der Waals surface area contributed by atoms with Crippen LogP contribution in [0.3, 0.4) is 0 Å². The minimum Gasteiger partial charge on any atom is -0.397 e. The maximum Gasteiger partial charge on any atom is 0.221 e. The number of rotatable bonds is 5. The monoisotopic (exact) mass is 237 g/mol. The lowest BCUT2D eigenvalue weighted by Gasteiger charge is -2.03. The molecule has 1 fully saturated rings. The fourth-order valence-electron chi connectivity index (χ4n) is 1.25. The highest BCUT2D eigenvalue weighted by molar-refractivity contribution is 7.99. The summed E-state index contributed by atoms with van der Waals surface area (Å²) in [7, 11) is 0. The van der Waals surface area contributed by atoms with Gasteiger partial charge in [-0.05, 0) is 25.0 Å². The van der Waals surface area contributed by atoms with Crippen LogP contribution in [0.4, 0.5) is 5.69 Å². The summed E-state index contributed by atoms with van der Waals surface area (Å²) in [6.45, 7) is 0. The Bertz CT molecular complexity index is 362. The van der Waals surface area contributed by atoms with Crippen LogP contribution in [-0.4, -0.2) is 22.7 Å². The van der Waals surface area contributed by atoms with Gasteiger partial charge in [0.2, 0.25) is 5.91 Å². The average Bonchev–Trinajstić information content (AvgIpc) is 3.05. The van der Waals surface area contributed by atoms with Crippen molar-refractivity contribution in [2.75, 3.05) is 11.5 Å². The molecule has 4 nitrogen and oxygen atoms in total. The molecule has 1 aromatic rings. The smallest absolute Gasteiger partial charge is 0.221 e. The van der Waals surface area contributed by atoms with Crippen molar-refractivity contribution in [1.29, 1.82) is 0 Å². The Labute approximate surface area is 99.0 Å². The van der Waals surface area contributed by atoms with E-state index in [1.54, 1.807) is 18.0 Å². The van der Waals surface area contributed by atoms with Gasteiger partial charge in [0, 0.05) is 18.2 Å². The Morgan fingerprint density at radius 3 is 3.00 bits per heavy atom. The number of carbonyl (C=O) groups is 1. The van der Waals surface area contributed by atoms with E-state index in [1.165, 1.54) is 0 Å². The third-order valence-corrected chi connectivity index (χ3v) is 3.23. The van der Waals surface area contributed by atoms with Gasteiger partial charge in [0.1, 0.15) is 0 Å². The molecule has 0 unspecified atom stereocenters. The van der Waals surface area contributed by atoms with Gasteiger partial charge in [-0.1, -0.05) is 0 Å². The van der Waals surface area contributed by atoms with Gasteiger partial charge < -0.3 is 11.1 Å². The molecule has 0 radical (unpaired) electrons. The lowest BCUT2D eigenvalue weighted by Crippen LogP contribution is -2.25. The summed E-state index contributed by atoms with van der Waals surface area (Å²) in [6, 6.07) is 4.14. The molecule has 0 bridgehead atoms. The SMILES string of the molecule is Nc1ccc(SCCC(=O)NC2CC2)nc1. The van der Waals surface area contributed by atoms with Crippen LogP contribution in [0.25, 0.3) is 0 Å². The molecule has 2 rings (SSSR count). The van der Waals surface area contributed by atoms with E-state index >= 15 is 0 Å². The summed E-state index contributed by atoms with van der Waals surface area (Å²) < 4.78 is 0. The highest BCUT2D eigenvalue weighted by Gasteiger charge is 2.22. The minimum absolute atomic E-state index is 0.144. The van der Waals surface area contributed by atoms with Crippen LogP contribution < -0.4 is 11.1 Å². The molecule has 86 valence electrons. The van der Waals surface area contributed by atoms with Gasteiger partial charge >= 0.3 is 0 Å². The van der Waals surface area contributed by atoms with Crippen molar-refractivity contribution in [3.05, 3.63) is 18.3 Å². The van der Waals surface area contributed by atoms with Gasteiger partial charge in [-0.2, -0.15) is 0 Å². The van der Waals surface area contributed by atoms with Gasteiger partial charge in [0.15, 0.2) is 0 Å². The van der Waals surface area contributed by atoms with E-state index in [0.29, 0.717) is 18.2 Å². The van der Waals surface area contributed by atoms with Gasteiger partial charge in [-0.3, -0.25) is 4.79 Å². The predicted molar refractivity (Wildman–Crippen MR) is 65.2 cm³/mol. The second kappa shape index (κ2) is 5.21. The van der Waals surface area contributed by atoms with E-state index in [0.717, 1.165) is 23.6 Å². The topological polar surface area (TPSA) is 68.0 Å². The summed E-state index contributed by atoms with van der Waals surface area (Å²) in [5.41, 5.74) is 6.19. The third kappa shape index (κ3) is 3.73. The van der Waals surface area contributed by atoms with E-state index in [1.807, 2.05) is 12.1 Å². The van der Waals surface area contributed by atoms with Crippen LogP contribution in [0.15, 0.2) is 23.4 Å². The van der Waals surface area contributed by atoms with Gasteiger partial charge in [-0.25, -0.2) is 4.98 Å². The zero-order valence-electron chi connectivity index (χ0n) is 8.98. The van der Waals surface area contributed by atoms with Crippen LogP contribution >= 0.6 is 11.8 Å². The Kier molecular flexibility index (Phi) is 3.66. The van der Waals surface area contributed by atoms with E-state index < -0.39 is 0 Å². The lowest BCUT2D eigenvalue weighted by molar-refractivity contribution is -0.120. The molecule has 1 aromatic heterocycles. The van der Waals surface area contributed by atoms with Crippen molar-refractivity contribution in [2.24, 2.45) is 0 Å². The molecule has 0 aromatic carbocycles. The van der Waals surface area contributed by atoms with Gasteiger partial charge in [0.25, 0.3) is 0 Å². The van der Waals surface area contributed by atoms with Crippen LogP contribution in [0.5, 0.6) is 0 Å². The summed E-state index contributed by atoms with van der Waals surface area (Å²) in [4.78, 5) is 15.5. The zero-order chi connectivity index (χ0) is 11.4. The number of nitrogen functional groups attached to an aromatic ring is 1. The van der Waals surface area contributed by atoms with Crippen molar-refractivity contribution in [3.8, 4) is 0 Å². The highest BCUT2D eigenvalue weighted by atomic mass is 32.2. The first kappa shape index (κ1) is 11.3. The Morgan fingerprint density at radius 1 is 1.56 bits per heavy atom. The number of pyridine rings is 1. The quantitative estimate of drug-likeness (QED) is 0.760. The van der Waals surface area contributed by atoms with Crippen molar-refractivity contribution in [1.82, 2.24) is 10.3 Å². The molecule has 1 amide bonds. The van der Waals surface area contributed by atoms with Crippen LogP contribution in [-0.2, 0) is 4.79 Å². The molecule has 1 heterocycles. The standard InChI is InChI=1S/C11H15N3OS/c12-8-1-4-11(13-7-8)16-6-5-10(15)14-9-2-3-9/h1,4,7,9H,2-3,5-6,12H2,(H,14,15). The largest absolute Gasteiger partial charge is 0.397 e. The van der Waals surface area contributed by atoms with Gasteiger partial charge in [-0.15, -0.1) is 11.8 Å². The summed E-state index contributed by atoms with van der Waals surface area (Å²) in [5.74, 6) is 0.903. The number of nitrogens with two attached hydrogens (primary N) is 1. The molecular weight excluding hydrogens is 222 g/mol. The van der Waals surface area contributed by atoms with E-state index in [4.69, 9.17) is 5.73 Å². The first-order valence-electron chi connectivity index (χ1n) is 5.38. The Hall–Kier alpha value is -1.23. The number of amides is 1. The van der Waals surface area contributed by atoms with Crippen molar-refractivity contribution in [2.45, 2.75) is 30.3 Å². The van der Waals surface area contributed by atoms with Crippen molar-refractivity contribution < 1.29 is 4.79 Å². The van der Waals surface area contributed by atoms with Gasteiger partial charge in [0.05, 0.1) is 16.9 Å². The molecule has 0 atom stereocenters. The molecule has 16 heavy (non-hydrogen) atoms. The van der Waals surface area contributed by atoms with Crippen LogP contribution in [0, 0.1) is 0 Å². The summed E-state index contributed by atoms with van der Waals surface area (Å²) >= 11 is 1.58. The average molecular weight is 237 g/mol. The molecule has 1 aliphatic carbocycles. The number of nitrogens with one attached hydrogen (secondary N) is 1. The fourth-order valence-corrected chi connectivity index (χ4v) is 2.04. The molecule has 1 saturated carbocycles. The number of aromatic nitrogens is 1. The maximum absolute atomic E-state index is 11.4. The number of thioether (sulfide) groups is 1. The van der Waals surface area contributed by atoms with E-state index in [2.05, 4.69) is 10.3 Å². The highest BCUT2D eigenvalue weighted by Crippen LogP contribution is 2.20. The number of nitrogens with zero attached hydrogens (tertiary/aromatic N) is 1. The first-order valence-corrected chi connectivity index (χ1v) is 6.36. The fraction of sp³-hybridized carbons (Fsp3) is 0.455. The summed E-state index contributed by atoms with van der Waals surface area (Å²) in [6.07, 6.45) is 4.45. The minimum atomic E-state index is 0.144. The molecule has 3 N–H and O–H groups in total. The van der Waals surface area contributed by atoms with Crippen LogP contribution in [0.2, 0.25) is 0 Å². The number of anilines is 1. The summed E-state index contributed by atoms with van der Waals surface area (Å²) in [5, 5.41) is 3.87. The Morgan fingerprint density at radius 2 is 2.38 bits per heavy atom. The lowest BCUT2D eigenvalue weighted by atomic mass is 10.4. The molecule has 0 spiro atoms. The maximum atomic E-state index is 11.4. The Balaban J connectivity index is 1.66. The van der Waals surface area contributed by atoms with E-state index in [9.17, 15) is 4.79 Å². The zero-order valence-corrected chi connectivity index (χ0v) is 9.80. The third-order valence-electron chi connectivity index (χ3n) is 2.28. The number of carbonyl (C=O) groups excluding carboxylic acids is 1. The van der Waals surface area contributed by atoms with Crippen molar-refractivity contribution >= 4 is 23.4 Å². The molecule has 0 saturated heterocycles. The molecule has 0 aliphatic heterocycles. The number of hydrogen-bond acceptors (Lipinski definition) is 4. The van der Waals surface area contributed by atoms with Crippen LogP contribution in [0.1, 0.15) is 19.3 Å². The normalized spacial score (nSPS) is 14.8. The second-order valence-electron chi connectivity index (χ2n) is 3.87. The predicted octanol–water partition coefficient (Wildman–Crippen LogP) is 1.42. The number of hydrogen-bond donors (Lipinski definition) is 2. The molecule has 5 heteroatoms. The first-order chi connectivity index (χ1) is 7.74. The molecule has 1 aliphatic rings.